The van der Waals surface area contributed by atoms with Gasteiger partial charge in [0.2, 0.25) is 0 Å². The zero-order chi connectivity index (χ0) is 11.8. The highest BCUT2D eigenvalue weighted by molar-refractivity contribution is 4.94. The third kappa shape index (κ3) is 2.10. The molecule has 2 saturated carbocycles. The molecule has 0 saturated heterocycles. The van der Waals surface area contributed by atoms with Gasteiger partial charge in [-0.25, -0.2) is 4.98 Å². The zero-order valence-corrected chi connectivity index (χ0v) is 10.8. The van der Waals surface area contributed by atoms with Crippen LogP contribution in [0.15, 0.2) is 6.33 Å². The lowest BCUT2D eigenvalue weighted by molar-refractivity contribution is 0.257. The van der Waals surface area contributed by atoms with Gasteiger partial charge in [-0.05, 0) is 43.9 Å². The van der Waals surface area contributed by atoms with Gasteiger partial charge >= 0.3 is 0 Å². The normalized spacial score (nSPS) is 33.2. The smallest absolute Gasteiger partial charge is 0.140 e. The van der Waals surface area contributed by atoms with E-state index >= 15 is 0 Å². The molecule has 1 N–H and O–H groups in total. The first-order chi connectivity index (χ1) is 8.24. The summed E-state index contributed by atoms with van der Waals surface area (Å²) in [4.78, 5) is 4.25. The average Bonchev–Trinajstić information content (AvgIpc) is 3.01. The minimum Gasteiger partial charge on any atom is -0.307 e. The minimum absolute atomic E-state index is 0.613. The molecule has 1 aromatic heterocycles. The summed E-state index contributed by atoms with van der Waals surface area (Å²) < 4.78 is 1.85. The molecule has 17 heavy (non-hydrogen) atoms. The van der Waals surface area contributed by atoms with Crippen molar-refractivity contribution in [3.05, 3.63) is 12.2 Å². The Labute approximate surface area is 103 Å². The predicted octanol–water partition coefficient (Wildman–Crippen LogP) is 1.73. The van der Waals surface area contributed by atoms with Crippen molar-refractivity contribution in [1.29, 1.82) is 0 Å². The molecule has 2 aliphatic carbocycles. The zero-order valence-electron chi connectivity index (χ0n) is 10.8. The quantitative estimate of drug-likeness (QED) is 0.862. The Hall–Kier alpha value is -0.900. The molecule has 2 aliphatic rings. The monoisotopic (exact) mass is 234 g/mol. The maximum Gasteiger partial charge on any atom is 0.140 e. The molecule has 4 atom stereocenters. The van der Waals surface area contributed by atoms with Crippen LogP contribution in [0.5, 0.6) is 0 Å². The van der Waals surface area contributed by atoms with Gasteiger partial charge in [-0.3, -0.25) is 4.68 Å². The van der Waals surface area contributed by atoms with E-state index in [9.17, 15) is 0 Å². The highest BCUT2D eigenvalue weighted by Gasteiger charge is 2.41. The molecular formula is C13H22N4. The van der Waals surface area contributed by atoms with Crippen LogP contribution in [0, 0.1) is 17.8 Å². The Morgan fingerprint density at radius 2 is 2.35 bits per heavy atom. The third-order valence-corrected chi connectivity index (χ3v) is 4.82. The van der Waals surface area contributed by atoms with Crippen LogP contribution in [-0.2, 0) is 13.6 Å². The van der Waals surface area contributed by atoms with Crippen LogP contribution in [0.25, 0.3) is 0 Å². The second-order valence-electron chi connectivity index (χ2n) is 5.81. The first kappa shape index (κ1) is 11.2. The summed E-state index contributed by atoms with van der Waals surface area (Å²) in [5.41, 5.74) is 0. The fourth-order valence-corrected chi connectivity index (χ4v) is 3.79. The number of rotatable bonds is 4. The fourth-order valence-electron chi connectivity index (χ4n) is 3.79. The second-order valence-corrected chi connectivity index (χ2v) is 5.81. The van der Waals surface area contributed by atoms with E-state index in [0.717, 1.165) is 30.1 Å². The molecule has 2 fully saturated rings. The van der Waals surface area contributed by atoms with Crippen molar-refractivity contribution in [1.82, 2.24) is 20.1 Å². The van der Waals surface area contributed by atoms with Crippen molar-refractivity contribution in [2.75, 3.05) is 0 Å². The molecule has 4 heteroatoms. The first-order valence-electron chi connectivity index (χ1n) is 6.80. The Morgan fingerprint density at radius 1 is 1.47 bits per heavy atom. The van der Waals surface area contributed by atoms with Crippen molar-refractivity contribution in [2.24, 2.45) is 24.8 Å². The minimum atomic E-state index is 0.613. The largest absolute Gasteiger partial charge is 0.307 e. The van der Waals surface area contributed by atoms with Crippen LogP contribution in [0.3, 0.4) is 0 Å². The van der Waals surface area contributed by atoms with Crippen LogP contribution in [0.4, 0.5) is 0 Å². The summed E-state index contributed by atoms with van der Waals surface area (Å²) in [6.45, 7) is 3.17. The number of nitrogens with zero attached hydrogens (tertiary/aromatic N) is 3. The van der Waals surface area contributed by atoms with Crippen LogP contribution in [0.2, 0.25) is 0 Å². The lowest BCUT2D eigenvalue weighted by Gasteiger charge is -2.28. The molecule has 0 aliphatic heterocycles. The van der Waals surface area contributed by atoms with Crippen LogP contribution in [0.1, 0.15) is 38.4 Å². The van der Waals surface area contributed by atoms with Gasteiger partial charge in [-0.1, -0.05) is 6.42 Å². The number of nitrogens with one attached hydrogen (secondary N) is 1. The summed E-state index contributed by atoms with van der Waals surface area (Å²) in [6, 6.07) is 0.613. The van der Waals surface area contributed by atoms with Crippen LogP contribution in [-0.4, -0.2) is 20.8 Å². The highest BCUT2D eigenvalue weighted by atomic mass is 15.3. The van der Waals surface area contributed by atoms with E-state index in [-0.39, 0.29) is 0 Å². The lowest BCUT2D eigenvalue weighted by Crippen LogP contribution is -2.36. The molecule has 0 radical (unpaired) electrons. The van der Waals surface area contributed by atoms with Gasteiger partial charge < -0.3 is 5.32 Å². The van der Waals surface area contributed by atoms with Crippen molar-refractivity contribution in [3.8, 4) is 0 Å². The summed E-state index contributed by atoms with van der Waals surface area (Å²) in [5, 5.41) is 7.73. The van der Waals surface area contributed by atoms with E-state index in [0.29, 0.717) is 6.04 Å². The van der Waals surface area contributed by atoms with E-state index in [4.69, 9.17) is 0 Å². The van der Waals surface area contributed by atoms with Gasteiger partial charge in [-0.2, -0.15) is 5.10 Å². The Kier molecular flexibility index (Phi) is 2.90. The number of hydrogen-bond donors (Lipinski definition) is 1. The summed E-state index contributed by atoms with van der Waals surface area (Å²) in [5.74, 6) is 3.94. The van der Waals surface area contributed by atoms with Gasteiger partial charge in [0.15, 0.2) is 0 Å². The molecule has 0 spiro atoms. The summed E-state index contributed by atoms with van der Waals surface area (Å²) in [6.07, 6.45) is 7.50. The highest BCUT2D eigenvalue weighted by Crippen LogP contribution is 2.49. The van der Waals surface area contributed by atoms with Crippen molar-refractivity contribution in [3.63, 3.8) is 0 Å². The Bertz CT molecular complexity index is 387. The van der Waals surface area contributed by atoms with E-state index in [1.54, 1.807) is 6.33 Å². The van der Waals surface area contributed by atoms with E-state index in [1.807, 2.05) is 11.7 Å². The summed E-state index contributed by atoms with van der Waals surface area (Å²) in [7, 11) is 1.95. The standard InChI is InChI=1S/C13H22N4/c1-9(12-6-10-3-4-11(12)5-10)14-7-13-15-8-16-17(13)2/h8-12,14H,3-7H2,1-2H3. The number of aromatic nitrogens is 3. The first-order valence-corrected chi connectivity index (χ1v) is 6.80. The van der Waals surface area contributed by atoms with Crippen molar-refractivity contribution >= 4 is 0 Å². The SMILES string of the molecule is CC(NCc1ncnn1C)C1CC2CCC1C2. The molecule has 3 rings (SSSR count). The van der Waals surface area contributed by atoms with E-state index < -0.39 is 0 Å². The van der Waals surface area contributed by atoms with Crippen molar-refractivity contribution in [2.45, 2.75) is 45.2 Å². The molecular weight excluding hydrogens is 212 g/mol. The Morgan fingerprint density at radius 3 is 2.94 bits per heavy atom. The van der Waals surface area contributed by atoms with Gasteiger partial charge in [-0.15, -0.1) is 0 Å². The summed E-state index contributed by atoms with van der Waals surface area (Å²) >= 11 is 0. The molecule has 94 valence electrons. The van der Waals surface area contributed by atoms with Gasteiger partial charge in [0.05, 0.1) is 6.54 Å². The predicted molar refractivity (Wildman–Crippen MR) is 66.2 cm³/mol. The maximum atomic E-state index is 4.25. The Balaban J connectivity index is 1.54. The van der Waals surface area contributed by atoms with Crippen LogP contribution >= 0.6 is 0 Å². The molecule has 0 aromatic carbocycles. The number of hydrogen-bond acceptors (Lipinski definition) is 3. The second kappa shape index (κ2) is 4.41. The van der Waals surface area contributed by atoms with Gasteiger partial charge in [0.1, 0.15) is 12.2 Å². The van der Waals surface area contributed by atoms with E-state index in [2.05, 4.69) is 22.3 Å². The molecule has 4 nitrogen and oxygen atoms in total. The maximum absolute atomic E-state index is 4.25. The molecule has 0 amide bonds. The van der Waals surface area contributed by atoms with Gasteiger partial charge in [0.25, 0.3) is 0 Å². The van der Waals surface area contributed by atoms with E-state index in [1.165, 1.54) is 25.7 Å². The topological polar surface area (TPSA) is 42.7 Å². The molecule has 2 bridgehead atoms. The molecule has 4 unspecified atom stereocenters. The molecule has 1 heterocycles. The lowest BCUT2D eigenvalue weighted by atomic mass is 9.84. The van der Waals surface area contributed by atoms with Crippen molar-refractivity contribution < 1.29 is 0 Å². The third-order valence-electron chi connectivity index (χ3n) is 4.82. The number of aryl methyl sites for hydroxylation is 1. The molecule has 1 aromatic rings. The van der Waals surface area contributed by atoms with Gasteiger partial charge in [0, 0.05) is 13.1 Å². The fraction of sp³-hybridized carbons (Fsp3) is 0.846. The average molecular weight is 234 g/mol. The van der Waals surface area contributed by atoms with Crippen LogP contribution < -0.4 is 5.32 Å². The number of fused-ring (bicyclic) bond motifs is 2.